The monoisotopic (exact) mass is 140 g/mol. The fourth-order valence-electron chi connectivity index (χ4n) is 0.621. The largest absolute Gasteiger partial charge is 0.388 e. The number of allylic oxidation sites excluding steroid dienone is 3. The number of aliphatic hydroxyl groups excluding tert-OH is 1. The maximum Gasteiger partial charge on any atom is 0.187 e. The molecule has 2 nitrogen and oxygen atoms in total. The summed E-state index contributed by atoms with van der Waals surface area (Å²) in [6, 6.07) is 0. The zero-order chi connectivity index (χ0) is 7.98. The fourth-order valence-corrected chi connectivity index (χ4v) is 0.621. The lowest BCUT2D eigenvalue weighted by atomic mass is 10.1. The predicted molar refractivity (Wildman–Crippen MR) is 40.7 cm³/mol. The van der Waals surface area contributed by atoms with Crippen LogP contribution in [-0.4, -0.2) is 17.5 Å². The third kappa shape index (κ3) is 2.60. The molecule has 1 N–H and O–H groups in total. The van der Waals surface area contributed by atoms with Gasteiger partial charge in [-0.1, -0.05) is 18.2 Å². The van der Waals surface area contributed by atoms with Crippen LogP contribution < -0.4 is 0 Å². The molecule has 0 saturated carbocycles. The Bertz CT molecular complexity index is 166. The molecule has 0 saturated heterocycles. The van der Waals surface area contributed by atoms with Gasteiger partial charge in [0.15, 0.2) is 5.78 Å². The molecule has 0 fully saturated rings. The van der Waals surface area contributed by atoms with Gasteiger partial charge in [0.1, 0.15) is 6.61 Å². The Morgan fingerprint density at radius 1 is 1.50 bits per heavy atom. The summed E-state index contributed by atoms with van der Waals surface area (Å²) in [5.74, 6) is -0.236. The van der Waals surface area contributed by atoms with Crippen molar-refractivity contribution in [2.75, 3.05) is 6.61 Å². The van der Waals surface area contributed by atoms with Crippen molar-refractivity contribution in [2.45, 2.75) is 13.8 Å². The van der Waals surface area contributed by atoms with E-state index in [1.165, 1.54) is 0 Å². The molecule has 0 rings (SSSR count). The first kappa shape index (κ1) is 9.11. The predicted octanol–water partition coefficient (Wildman–Crippen LogP) is 1.07. The Balaban J connectivity index is 4.23. The van der Waals surface area contributed by atoms with Gasteiger partial charge in [-0.25, -0.2) is 0 Å². The molecule has 0 amide bonds. The molecular weight excluding hydrogens is 128 g/mol. The third-order valence-corrected chi connectivity index (χ3v) is 1.12. The average molecular weight is 140 g/mol. The van der Waals surface area contributed by atoms with Gasteiger partial charge in [-0.05, 0) is 13.8 Å². The molecule has 2 heteroatoms. The van der Waals surface area contributed by atoms with E-state index in [0.29, 0.717) is 5.57 Å². The standard InChI is InChI=1S/C8H12O2/c1-3-5-7(4-2)8(10)6-9/h3-5,9H,6H2,1-2H3/b5-3-,7-4+. The number of Topliss-reactive ketones (excluding diaryl/α,β-unsaturated/α-hetero) is 1. The molecule has 0 aliphatic carbocycles. The molecule has 0 aliphatic rings. The minimum atomic E-state index is -0.413. The van der Waals surface area contributed by atoms with Gasteiger partial charge in [-0.2, -0.15) is 0 Å². The molecule has 0 radical (unpaired) electrons. The molecular formula is C8H12O2. The first-order valence-electron chi connectivity index (χ1n) is 3.19. The van der Waals surface area contributed by atoms with E-state index in [-0.39, 0.29) is 5.78 Å². The van der Waals surface area contributed by atoms with Crippen molar-refractivity contribution in [3.8, 4) is 0 Å². The van der Waals surface area contributed by atoms with Gasteiger partial charge in [0.2, 0.25) is 0 Å². The van der Waals surface area contributed by atoms with E-state index in [1.54, 1.807) is 25.2 Å². The Labute approximate surface area is 60.9 Å². The maximum atomic E-state index is 10.8. The van der Waals surface area contributed by atoms with Crippen LogP contribution >= 0.6 is 0 Å². The van der Waals surface area contributed by atoms with Crippen LogP contribution in [0.25, 0.3) is 0 Å². The van der Waals surface area contributed by atoms with Crippen molar-refractivity contribution in [1.29, 1.82) is 0 Å². The molecule has 0 spiro atoms. The summed E-state index contributed by atoms with van der Waals surface area (Å²) in [6.07, 6.45) is 5.12. The van der Waals surface area contributed by atoms with E-state index in [4.69, 9.17) is 5.11 Å². The molecule has 56 valence electrons. The van der Waals surface area contributed by atoms with E-state index in [9.17, 15) is 4.79 Å². The number of carbonyl (C=O) groups is 1. The van der Waals surface area contributed by atoms with Crippen LogP contribution in [0.3, 0.4) is 0 Å². The Hall–Kier alpha value is -0.890. The highest BCUT2D eigenvalue weighted by atomic mass is 16.3. The lowest BCUT2D eigenvalue weighted by Crippen LogP contribution is -2.04. The summed E-state index contributed by atoms with van der Waals surface area (Å²) in [5, 5.41) is 8.44. The van der Waals surface area contributed by atoms with Crippen molar-refractivity contribution in [1.82, 2.24) is 0 Å². The number of aliphatic hydroxyl groups is 1. The summed E-state index contributed by atoms with van der Waals surface area (Å²) < 4.78 is 0. The second-order valence-corrected chi connectivity index (χ2v) is 1.83. The lowest BCUT2D eigenvalue weighted by molar-refractivity contribution is -0.117. The van der Waals surface area contributed by atoms with Gasteiger partial charge in [0.05, 0.1) is 0 Å². The number of carbonyl (C=O) groups excluding carboxylic acids is 1. The number of hydrogen-bond donors (Lipinski definition) is 1. The highest BCUT2D eigenvalue weighted by molar-refractivity contribution is 5.98. The van der Waals surface area contributed by atoms with Gasteiger partial charge in [0, 0.05) is 5.57 Å². The second kappa shape index (κ2) is 4.94. The SMILES string of the molecule is C/C=C\C(=C/C)C(=O)CO. The van der Waals surface area contributed by atoms with Crippen LogP contribution in [0.15, 0.2) is 23.8 Å². The van der Waals surface area contributed by atoms with E-state index in [2.05, 4.69) is 0 Å². The van der Waals surface area contributed by atoms with Gasteiger partial charge in [-0.15, -0.1) is 0 Å². The highest BCUT2D eigenvalue weighted by Gasteiger charge is 2.00. The zero-order valence-corrected chi connectivity index (χ0v) is 6.29. The third-order valence-electron chi connectivity index (χ3n) is 1.12. The van der Waals surface area contributed by atoms with E-state index in [1.807, 2.05) is 6.92 Å². The summed E-state index contributed by atoms with van der Waals surface area (Å²) >= 11 is 0. The highest BCUT2D eigenvalue weighted by Crippen LogP contribution is 1.97. The number of ketones is 1. The first-order chi connectivity index (χ1) is 4.76. The smallest absolute Gasteiger partial charge is 0.187 e. The summed E-state index contributed by atoms with van der Waals surface area (Å²) in [5.41, 5.74) is 0.560. The normalized spacial score (nSPS) is 12.5. The minimum Gasteiger partial charge on any atom is -0.388 e. The Morgan fingerprint density at radius 2 is 2.10 bits per heavy atom. The van der Waals surface area contributed by atoms with Crippen LogP contribution in [0.2, 0.25) is 0 Å². The molecule has 0 unspecified atom stereocenters. The Kier molecular flexibility index (Phi) is 4.50. The van der Waals surface area contributed by atoms with Gasteiger partial charge >= 0.3 is 0 Å². The van der Waals surface area contributed by atoms with E-state index >= 15 is 0 Å². The minimum absolute atomic E-state index is 0.236. The molecule has 0 heterocycles. The maximum absolute atomic E-state index is 10.8. The summed E-state index contributed by atoms with van der Waals surface area (Å²) in [7, 11) is 0. The van der Waals surface area contributed by atoms with Crippen molar-refractivity contribution < 1.29 is 9.90 Å². The molecule has 0 aromatic rings. The van der Waals surface area contributed by atoms with Crippen molar-refractivity contribution in [3.05, 3.63) is 23.8 Å². The van der Waals surface area contributed by atoms with Gasteiger partial charge in [0.25, 0.3) is 0 Å². The van der Waals surface area contributed by atoms with Crippen LogP contribution in [0.1, 0.15) is 13.8 Å². The molecule has 0 aromatic carbocycles. The van der Waals surface area contributed by atoms with Crippen LogP contribution in [0.4, 0.5) is 0 Å². The summed E-state index contributed by atoms with van der Waals surface area (Å²) in [4.78, 5) is 10.8. The zero-order valence-electron chi connectivity index (χ0n) is 6.29. The second-order valence-electron chi connectivity index (χ2n) is 1.83. The van der Waals surface area contributed by atoms with Crippen molar-refractivity contribution >= 4 is 5.78 Å². The van der Waals surface area contributed by atoms with Crippen molar-refractivity contribution in [3.63, 3.8) is 0 Å². The quantitative estimate of drug-likeness (QED) is 0.470. The fraction of sp³-hybridized carbons (Fsp3) is 0.375. The molecule has 0 aromatic heterocycles. The summed E-state index contributed by atoms with van der Waals surface area (Å²) in [6.45, 7) is 3.18. The van der Waals surface area contributed by atoms with E-state index < -0.39 is 6.61 Å². The molecule has 0 bridgehead atoms. The molecule has 0 aliphatic heterocycles. The van der Waals surface area contributed by atoms with Crippen LogP contribution in [0, 0.1) is 0 Å². The number of rotatable bonds is 3. The van der Waals surface area contributed by atoms with Crippen LogP contribution in [-0.2, 0) is 4.79 Å². The van der Waals surface area contributed by atoms with Gasteiger partial charge in [-0.3, -0.25) is 4.79 Å². The van der Waals surface area contributed by atoms with Gasteiger partial charge < -0.3 is 5.11 Å². The molecule has 10 heavy (non-hydrogen) atoms. The average Bonchev–Trinajstić information content (AvgIpc) is 1.99. The molecule has 0 atom stereocenters. The van der Waals surface area contributed by atoms with E-state index in [0.717, 1.165) is 0 Å². The Morgan fingerprint density at radius 3 is 2.40 bits per heavy atom. The number of hydrogen-bond acceptors (Lipinski definition) is 2. The lowest BCUT2D eigenvalue weighted by Gasteiger charge is -1.93. The van der Waals surface area contributed by atoms with Crippen molar-refractivity contribution in [2.24, 2.45) is 0 Å². The van der Waals surface area contributed by atoms with Crippen LogP contribution in [0.5, 0.6) is 0 Å². The topological polar surface area (TPSA) is 37.3 Å². The first-order valence-corrected chi connectivity index (χ1v) is 3.19.